The Balaban J connectivity index is 1.50. The molecule has 3 rings (SSSR count). The molecule has 2 heterocycles. The highest BCUT2D eigenvalue weighted by atomic mass is 16.7. The van der Waals surface area contributed by atoms with Crippen LogP contribution in [0.15, 0.2) is 36.5 Å². The topological polar surface area (TPSA) is 98.3 Å². The highest BCUT2D eigenvalue weighted by molar-refractivity contribution is 5.87. The van der Waals surface area contributed by atoms with Crippen LogP contribution in [0.5, 0.6) is 0 Å². The van der Waals surface area contributed by atoms with E-state index in [1.54, 1.807) is 6.20 Å². The molecule has 8 nitrogen and oxygen atoms in total. The number of carbonyl (C=O) groups excluding carboxylic acids is 1. The molecule has 0 spiro atoms. The summed E-state index contributed by atoms with van der Waals surface area (Å²) in [4.78, 5) is 16.4. The van der Waals surface area contributed by atoms with Gasteiger partial charge in [-0.15, -0.1) is 5.10 Å². The maximum absolute atomic E-state index is 12.1. The lowest BCUT2D eigenvalue weighted by Gasteiger charge is -2.25. The van der Waals surface area contributed by atoms with E-state index in [1.807, 2.05) is 44.2 Å². The van der Waals surface area contributed by atoms with E-state index >= 15 is 0 Å². The van der Waals surface area contributed by atoms with Gasteiger partial charge in [0.1, 0.15) is 0 Å². The van der Waals surface area contributed by atoms with Crippen molar-refractivity contribution in [2.75, 3.05) is 25.1 Å². The van der Waals surface area contributed by atoms with Crippen LogP contribution in [0.4, 0.5) is 10.7 Å². The van der Waals surface area contributed by atoms with Crippen LogP contribution in [0.1, 0.15) is 20.3 Å². The van der Waals surface area contributed by atoms with E-state index < -0.39 is 5.79 Å². The number of hydrogen-bond acceptors (Lipinski definition) is 6. The van der Waals surface area contributed by atoms with Gasteiger partial charge in [0, 0.05) is 18.5 Å². The Labute approximate surface area is 152 Å². The first kappa shape index (κ1) is 18.2. The molecule has 1 fully saturated rings. The Morgan fingerprint density at radius 2 is 2.00 bits per heavy atom. The van der Waals surface area contributed by atoms with Crippen molar-refractivity contribution in [3.8, 4) is 11.3 Å². The fourth-order valence-corrected chi connectivity index (χ4v) is 2.90. The molecular formula is C18H23N5O3. The van der Waals surface area contributed by atoms with Gasteiger partial charge in [-0.05, 0) is 12.8 Å². The largest absolute Gasteiger partial charge is 0.348 e. The number of nitrogens with zero attached hydrogens (tertiary/aromatic N) is 3. The predicted molar refractivity (Wildman–Crippen MR) is 96.4 cm³/mol. The SMILES string of the molecule is CC(CNC(=O)Nc1nncc(-c2ccccc2)n1)CC1(C)OCCO1. The molecule has 2 amide bonds. The van der Waals surface area contributed by atoms with Crippen LogP contribution < -0.4 is 10.6 Å². The molecule has 0 radical (unpaired) electrons. The molecule has 1 saturated heterocycles. The number of hydrogen-bond donors (Lipinski definition) is 2. The molecule has 26 heavy (non-hydrogen) atoms. The normalized spacial score (nSPS) is 16.8. The fraction of sp³-hybridized carbons (Fsp3) is 0.444. The Bertz CT molecular complexity index is 735. The average Bonchev–Trinajstić information content (AvgIpc) is 3.07. The van der Waals surface area contributed by atoms with Crippen molar-refractivity contribution in [2.45, 2.75) is 26.1 Å². The molecule has 1 aliphatic rings. The number of benzene rings is 1. The zero-order valence-corrected chi connectivity index (χ0v) is 14.9. The zero-order valence-electron chi connectivity index (χ0n) is 14.9. The number of aromatic nitrogens is 3. The second kappa shape index (κ2) is 8.20. The highest BCUT2D eigenvalue weighted by Gasteiger charge is 2.32. The molecule has 1 unspecified atom stereocenters. The van der Waals surface area contributed by atoms with E-state index in [1.165, 1.54) is 0 Å². The predicted octanol–water partition coefficient (Wildman–Crippen LogP) is 2.45. The summed E-state index contributed by atoms with van der Waals surface area (Å²) in [7, 11) is 0. The van der Waals surface area contributed by atoms with E-state index in [0.717, 1.165) is 5.56 Å². The first-order valence-corrected chi connectivity index (χ1v) is 8.62. The maximum atomic E-state index is 12.1. The van der Waals surface area contributed by atoms with Crippen molar-refractivity contribution in [3.05, 3.63) is 36.5 Å². The van der Waals surface area contributed by atoms with Gasteiger partial charge < -0.3 is 14.8 Å². The van der Waals surface area contributed by atoms with Crippen molar-refractivity contribution in [3.63, 3.8) is 0 Å². The molecular weight excluding hydrogens is 334 g/mol. The quantitative estimate of drug-likeness (QED) is 0.824. The van der Waals surface area contributed by atoms with Gasteiger partial charge in [0.15, 0.2) is 5.79 Å². The number of carbonyl (C=O) groups is 1. The fourth-order valence-electron chi connectivity index (χ4n) is 2.90. The minimum absolute atomic E-state index is 0.158. The third-order valence-electron chi connectivity index (χ3n) is 4.08. The van der Waals surface area contributed by atoms with Crippen LogP contribution in [-0.2, 0) is 9.47 Å². The molecule has 8 heteroatoms. The lowest BCUT2D eigenvalue weighted by atomic mass is 10.0. The first-order valence-electron chi connectivity index (χ1n) is 8.62. The van der Waals surface area contributed by atoms with Crippen LogP contribution in [-0.4, -0.2) is 46.8 Å². The standard InChI is InChI=1S/C18H23N5O3/c1-13(10-18(2)25-8-9-26-18)11-19-17(24)22-16-21-15(12-20-23-16)14-6-4-3-5-7-14/h3-7,12-13H,8-11H2,1-2H3,(H2,19,21,22,23,24). The minimum atomic E-state index is -0.561. The summed E-state index contributed by atoms with van der Waals surface area (Å²) in [6, 6.07) is 9.22. The van der Waals surface area contributed by atoms with E-state index in [9.17, 15) is 4.79 Å². The van der Waals surface area contributed by atoms with Gasteiger partial charge in [-0.3, -0.25) is 5.32 Å². The van der Waals surface area contributed by atoms with E-state index in [2.05, 4.69) is 25.8 Å². The van der Waals surface area contributed by atoms with Crippen LogP contribution in [0.25, 0.3) is 11.3 Å². The molecule has 2 N–H and O–H groups in total. The highest BCUT2D eigenvalue weighted by Crippen LogP contribution is 2.26. The van der Waals surface area contributed by atoms with Gasteiger partial charge >= 0.3 is 6.03 Å². The van der Waals surface area contributed by atoms with Crippen molar-refractivity contribution < 1.29 is 14.3 Å². The van der Waals surface area contributed by atoms with Crippen LogP contribution in [0.3, 0.4) is 0 Å². The van der Waals surface area contributed by atoms with Gasteiger partial charge in [-0.1, -0.05) is 37.3 Å². The molecule has 0 aliphatic carbocycles. The van der Waals surface area contributed by atoms with Gasteiger partial charge in [0.2, 0.25) is 0 Å². The molecule has 1 aromatic heterocycles. The van der Waals surface area contributed by atoms with Gasteiger partial charge in [-0.25, -0.2) is 9.78 Å². The van der Waals surface area contributed by atoms with Crippen LogP contribution in [0.2, 0.25) is 0 Å². The Morgan fingerprint density at radius 1 is 1.27 bits per heavy atom. The van der Waals surface area contributed by atoms with Gasteiger partial charge in [0.05, 0.1) is 25.1 Å². The smallest absolute Gasteiger partial charge is 0.321 e. The summed E-state index contributed by atoms with van der Waals surface area (Å²) in [6.45, 7) is 5.66. The van der Waals surface area contributed by atoms with Crippen molar-refractivity contribution in [1.29, 1.82) is 0 Å². The molecule has 1 aliphatic heterocycles. The lowest BCUT2D eigenvalue weighted by molar-refractivity contribution is -0.153. The molecule has 2 aromatic rings. The van der Waals surface area contributed by atoms with Crippen molar-refractivity contribution >= 4 is 12.0 Å². The van der Waals surface area contributed by atoms with Gasteiger partial charge in [-0.2, -0.15) is 5.10 Å². The number of amides is 2. The number of ether oxygens (including phenoxy) is 2. The van der Waals surface area contributed by atoms with Crippen molar-refractivity contribution in [1.82, 2.24) is 20.5 Å². The van der Waals surface area contributed by atoms with Crippen LogP contribution >= 0.6 is 0 Å². The van der Waals surface area contributed by atoms with E-state index in [0.29, 0.717) is 31.9 Å². The summed E-state index contributed by atoms with van der Waals surface area (Å²) < 4.78 is 11.2. The average molecular weight is 357 g/mol. The maximum Gasteiger partial charge on any atom is 0.321 e. The van der Waals surface area contributed by atoms with Gasteiger partial charge in [0.25, 0.3) is 5.95 Å². The van der Waals surface area contributed by atoms with E-state index in [-0.39, 0.29) is 17.9 Å². The molecule has 1 aromatic carbocycles. The second-order valence-corrected chi connectivity index (χ2v) is 6.51. The Hall–Kier alpha value is -2.58. The second-order valence-electron chi connectivity index (χ2n) is 6.51. The van der Waals surface area contributed by atoms with Crippen molar-refractivity contribution in [2.24, 2.45) is 5.92 Å². The minimum Gasteiger partial charge on any atom is -0.348 e. The number of nitrogens with one attached hydrogen (secondary N) is 2. The molecule has 138 valence electrons. The molecule has 0 saturated carbocycles. The number of anilines is 1. The summed E-state index contributed by atoms with van der Waals surface area (Å²) in [6.07, 6.45) is 2.26. The third kappa shape index (κ3) is 4.96. The monoisotopic (exact) mass is 357 g/mol. The Morgan fingerprint density at radius 3 is 2.73 bits per heavy atom. The summed E-state index contributed by atoms with van der Waals surface area (Å²) in [5, 5.41) is 13.2. The lowest BCUT2D eigenvalue weighted by Crippen LogP contribution is -2.36. The van der Waals surface area contributed by atoms with E-state index in [4.69, 9.17) is 9.47 Å². The summed E-state index contributed by atoms with van der Waals surface area (Å²) in [5.41, 5.74) is 1.55. The molecule has 0 bridgehead atoms. The summed E-state index contributed by atoms with van der Waals surface area (Å²) in [5.74, 6) is -0.210. The first-order chi connectivity index (χ1) is 12.5. The number of rotatable bonds is 6. The molecule has 1 atom stereocenters. The zero-order chi connectivity index (χ0) is 18.4. The summed E-state index contributed by atoms with van der Waals surface area (Å²) >= 11 is 0. The number of urea groups is 1. The van der Waals surface area contributed by atoms with Crippen LogP contribution in [0, 0.1) is 5.92 Å². The third-order valence-corrected chi connectivity index (χ3v) is 4.08. The Kier molecular flexibility index (Phi) is 5.75.